The molecule has 0 fully saturated rings. The predicted octanol–water partition coefficient (Wildman–Crippen LogP) is 0.364. The Hall–Kier alpha value is -0.787. The van der Waals surface area contributed by atoms with Crippen LogP contribution in [-0.2, 0) is 0 Å². The summed E-state index contributed by atoms with van der Waals surface area (Å²) in [5.41, 5.74) is 0.571. The van der Waals surface area contributed by atoms with Gasteiger partial charge in [0, 0.05) is 0 Å². The van der Waals surface area contributed by atoms with E-state index in [0.29, 0.717) is 5.57 Å². The van der Waals surface area contributed by atoms with Gasteiger partial charge in [-0.05, 0) is 0 Å². The zero-order valence-corrected chi connectivity index (χ0v) is 8.55. The molecule has 0 saturated heterocycles. The molecule has 0 amide bonds. The average molecular weight is 324 g/mol. The van der Waals surface area contributed by atoms with Crippen molar-refractivity contribution in [1.29, 1.82) is 10.5 Å². The van der Waals surface area contributed by atoms with Crippen molar-refractivity contribution in [3.8, 4) is 12.1 Å². The first-order chi connectivity index (χ1) is 4.88. The second-order valence-electron chi connectivity index (χ2n) is 1.62. The van der Waals surface area contributed by atoms with Gasteiger partial charge in [0.2, 0.25) is 0 Å². The van der Waals surface area contributed by atoms with Gasteiger partial charge in [0.15, 0.2) is 0 Å². The number of nitrogens with zero attached hydrogens (tertiary/aromatic N) is 2. The molecule has 0 N–H and O–H groups in total. The number of hydrogen-bond acceptors (Lipinski definition) is 2. The van der Waals surface area contributed by atoms with Gasteiger partial charge in [-0.1, -0.05) is 0 Å². The van der Waals surface area contributed by atoms with Crippen molar-refractivity contribution in [3.05, 3.63) is 21.5 Å². The van der Waals surface area contributed by atoms with Gasteiger partial charge >= 0.3 is 70.1 Å². The Morgan fingerprint density at radius 1 is 1.30 bits per heavy atom. The Labute approximate surface area is 70.1 Å². The SMILES string of the molecule is N#CC1=CC=[CH][Bi]=[C]1C#N. The van der Waals surface area contributed by atoms with Crippen LogP contribution in [0, 0.1) is 22.7 Å². The molecule has 1 rings (SSSR count). The third-order valence-electron chi connectivity index (χ3n) is 1.03. The summed E-state index contributed by atoms with van der Waals surface area (Å²) in [6.45, 7) is 0. The fraction of sp³-hybridized carbons (Fsp3) is 0. The Morgan fingerprint density at radius 2 is 2.10 bits per heavy atom. The molecule has 0 aliphatic carbocycles. The van der Waals surface area contributed by atoms with Gasteiger partial charge in [-0.15, -0.1) is 0 Å². The molecule has 0 saturated carbocycles. The molecule has 46 valence electrons. The van der Waals surface area contributed by atoms with Crippen LogP contribution in [0.3, 0.4) is 0 Å². The minimum atomic E-state index is -0.895. The molecule has 2 nitrogen and oxygen atoms in total. The molecule has 0 bridgehead atoms. The van der Waals surface area contributed by atoms with Crippen LogP contribution in [0.25, 0.3) is 0 Å². The van der Waals surface area contributed by atoms with E-state index in [1.807, 2.05) is 15.9 Å². The summed E-state index contributed by atoms with van der Waals surface area (Å²) in [6, 6.07) is 4.06. The normalized spacial score (nSPS) is 14.6. The van der Waals surface area contributed by atoms with Gasteiger partial charge in [0.25, 0.3) is 0 Å². The van der Waals surface area contributed by atoms with Crippen molar-refractivity contribution < 1.29 is 0 Å². The molecule has 0 aromatic rings. The number of nitriles is 2. The van der Waals surface area contributed by atoms with E-state index in [-0.39, 0.29) is 0 Å². The summed E-state index contributed by atoms with van der Waals surface area (Å²) in [5, 5.41) is 17.0. The molecule has 1 aliphatic rings. The van der Waals surface area contributed by atoms with E-state index in [9.17, 15) is 0 Å². The molecular formula is C7H3BiN2. The van der Waals surface area contributed by atoms with E-state index in [1.54, 1.807) is 6.08 Å². The van der Waals surface area contributed by atoms with Crippen molar-refractivity contribution in [3.63, 3.8) is 0 Å². The fourth-order valence-corrected chi connectivity index (χ4v) is 3.08. The zero-order valence-electron chi connectivity index (χ0n) is 5.07. The van der Waals surface area contributed by atoms with Crippen molar-refractivity contribution in [2.45, 2.75) is 0 Å². The molecule has 0 radical (unpaired) electrons. The van der Waals surface area contributed by atoms with Gasteiger partial charge in [0.1, 0.15) is 0 Å². The van der Waals surface area contributed by atoms with Crippen LogP contribution in [0.15, 0.2) is 21.5 Å². The molecule has 0 spiro atoms. The van der Waals surface area contributed by atoms with Crippen LogP contribution < -0.4 is 0 Å². The summed E-state index contributed by atoms with van der Waals surface area (Å²) in [4.78, 5) is 0. The average Bonchev–Trinajstić information content (AvgIpc) is 2.04. The van der Waals surface area contributed by atoms with E-state index in [2.05, 4.69) is 6.07 Å². The Kier molecular flexibility index (Phi) is 2.49. The van der Waals surface area contributed by atoms with E-state index in [0.717, 1.165) is 3.21 Å². The summed E-state index contributed by atoms with van der Waals surface area (Å²) in [7, 11) is 0. The Balaban J connectivity index is 3.08. The van der Waals surface area contributed by atoms with Crippen molar-refractivity contribution >= 4 is 26.0 Å². The molecule has 10 heavy (non-hydrogen) atoms. The maximum absolute atomic E-state index is 8.52. The van der Waals surface area contributed by atoms with E-state index in [4.69, 9.17) is 10.5 Å². The molecule has 1 heterocycles. The van der Waals surface area contributed by atoms with Gasteiger partial charge in [-0.3, -0.25) is 0 Å². The standard InChI is InChI=1S/C7H3N2.Bi/c1-2-3-7(6-9)4-5-8;/h1-3H;. The van der Waals surface area contributed by atoms with Crippen molar-refractivity contribution in [1.82, 2.24) is 0 Å². The summed E-state index contributed by atoms with van der Waals surface area (Å²) in [5.74, 6) is 0. The van der Waals surface area contributed by atoms with Crippen LogP contribution in [0.1, 0.15) is 0 Å². The molecule has 1 aliphatic heterocycles. The summed E-state index contributed by atoms with van der Waals surface area (Å²) >= 11 is -0.895. The third kappa shape index (κ3) is 1.38. The predicted molar refractivity (Wildman–Crippen MR) is 39.2 cm³/mol. The second-order valence-corrected chi connectivity index (χ2v) is 5.52. The summed E-state index contributed by atoms with van der Waals surface area (Å²) < 4.78 is 2.78. The maximum atomic E-state index is 8.52. The van der Waals surface area contributed by atoms with Crippen LogP contribution in [-0.4, -0.2) is 26.0 Å². The van der Waals surface area contributed by atoms with E-state index in [1.165, 1.54) is 0 Å². The van der Waals surface area contributed by atoms with Crippen LogP contribution >= 0.6 is 0 Å². The summed E-state index contributed by atoms with van der Waals surface area (Å²) in [6.07, 6.45) is 3.57. The van der Waals surface area contributed by atoms with Gasteiger partial charge in [0.05, 0.1) is 0 Å². The van der Waals surface area contributed by atoms with Crippen molar-refractivity contribution in [2.75, 3.05) is 0 Å². The van der Waals surface area contributed by atoms with E-state index >= 15 is 0 Å². The second kappa shape index (κ2) is 3.40. The number of hydrogen-bond donors (Lipinski definition) is 0. The van der Waals surface area contributed by atoms with Gasteiger partial charge in [-0.25, -0.2) is 0 Å². The van der Waals surface area contributed by atoms with Crippen LogP contribution in [0.5, 0.6) is 0 Å². The molecule has 0 unspecified atom stereocenters. The van der Waals surface area contributed by atoms with Crippen LogP contribution in [0.2, 0.25) is 0 Å². The zero-order chi connectivity index (χ0) is 7.40. The van der Waals surface area contributed by atoms with Crippen LogP contribution in [0.4, 0.5) is 0 Å². The first-order valence-corrected chi connectivity index (χ1v) is 6.38. The van der Waals surface area contributed by atoms with Gasteiger partial charge < -0.3 is 0 Å². The molecular weight excluding hydrogens is 321 g/mol. The minimum absolute atomic E-state index is 0.571. The third-order valence-corrected chi connectivity index (χ3v) is 4.61. The van der Waals surface area contributed by atoms with Gasteiger partial charge in [-0.2, -0.15) is 0 Å². The first-order valence-electron chi connectivity index (χ1n) is 2.63. The Morgan fingerprint density at radius 3 is 2.60 bits per heavy atom. The van der Waals surface area contributed by atoms with E-state index < -0.39 is 22.8 Å². The number of allylic oxidation sites excluding steroid dienone is 3. The first kappa shape index (κ1) is 7.32. The molecule has 0 aromatic heterocycles. The topological polar surface area (TPSA) is 47.6 Å². The molecule has 0 atom stereocenters. The quantitative estimate of drug-likeness (QED) is 0.604. The Bertz CT molecular complexity index is 277. The number of rotatable bonds is 0. The monoisotopic (exact) mass is 324 g/mol. The van der Waals surface area contributed by atoms with Crippen molar-refractivity contribution in [2.24, 2.45) is 0 Å². The molecule has 0 aromatic carbocycles. The molecule has 3 heteroatoms. The fourth-order valence-electron chi connectivity index (χ4n) is 0.585.